The molecule has 0 N–H and O–H groups in total. The first kappa shape index (κ1) is 17.6. The number of carbonyl (C=O) groups is 2. The van der Waals surface area contributed by atoms with Gasteiger partial charge in [-0.2, -0.15) is 0 Å². The van der Waals surface area contributed by atoms with Gasteiger partial charge in [0.2, 0.25) is 5.91 Å². The molecule has 0 fully saturated rings. The average Bonchev–Trinajstić information content (AvgIpc) is 2.73. The number of amides is 2. The Morgan fingerprint density at radius 2 is 1.96 bits per heavy atom. The standard InChI is InChI=1S/C21H21N3O2/c1-3-20(25)23(2)18-11-9-16(10-12-18)21(26)24-14-6-7-17(15-24)19-8-4-5-13-22-19/h3-5,7-13H,1,6,14-15H2,2H3. The molecule has 26 heavy (non-hydrogen) atoms. The van der Waals surface area contributed by atoms with Crippen molar-refractivity contribution in [3.63, 3.8) is 0 Å². The number of aromatic nitrogens is 1. The Balaban J connectivity index is 1.72. The van der Waals surface area contributed by atoms with E-state index in [1.807, 2.05) is 23.1 Å². The van der Waals surface area contributed by atoms with Crippen LogP contribution in [0, 0.1) is 0 Å². The van der Waals surface area contributed by atoms with Gasteiger partial charge in [0.05, 0.1) is 5.69 Å². The van der Waals surface area contributed by atoms with E-state index in [0.29, 0.717) is 18.7 Å². The molecule has 5 heteroatoms. The Morgan fingerprint density at radius 3 is 2.62 bits per heavy atom. The Hall–Kier alpha value is -3.21. The van der Waals surface area contributed by atoms with E-state index in [4.69, 9.17) is 0 Å². The lowest BCUT2D eigenvalue weighted by Gasteiger charge is -2.27. The first-order valence-corrected chi connectivity index (χ1v) is 8.50. The Bertz CT molecular complexity index is 841. The zero-order chi connectivity index (χ0) is 18.5. The largest absolute Gasteiger partial charge is 0.334 e. The number of rotatable bonds is 4. The van der Waals surface area contributed by atoms with Gasteiger partial charge in [-0.1, -0.05) is 18.7 Å². The minimum atomic E-state index is -0.190. The molecule has 0 atom stereocenters. The molecule has 2 amide bonds. The predicted octanol–water partition coefficient (Wildman–Crippen LogP) is 3.16. The summed E-state index contributed by atoms with van der Waals surface area (Å²) in [4.78, 5) is 32.2. The minimum absolute atomic E-state index is 0.0178. The third kappa shape index (κ3) is 3.72. The highest BCUT2D eigenvalue weighted by atomic mass is 16.2. The monoisotopic (exact) mass is 347 g/mol. The van der Waals surface area contributed by atoms with Gasteiger partial charge in [0, 0.05) is 37.6 Å². The maximum Gasteiger partial charge on any atom is 0.254 e. The number of pyridine rings is 1. The van der Waals surface area contributed by atoms with Crippen LogP contribution in [-0.2, 0) is 4.79 Å². The van der Waals surface area contributed by atoms with Gasteiger partial charge in [0.1, 0.15) is 0 Å². The molecule has 2 aromatic rings. The topological polar surface area (TPSA) is 53.5 Å². The quantitative estimate of drug-likeness (QED) is 0.799. The zero-order valence-corrected chi connectivity index (χ0v) is 14.8. The van der Waals surface area contributed by atoms with Gasteiger partial charge >= 0.3 is 0 Å². The van der Waals surface area contributed by atoms with E-state index >= 15 is 0 Å². The molecule has 1 aliphatic heterocycles. The Morgan fingerprint density at radius 1 is 1.19 bits per heavy atom. The number of anilines is 1. The first-order chi connectivity index (χ1) is 12.6. The van der Waals surface area contributed by atoms with Crippen molar-refractivity contribution in [1.29, 1.82) is 0 Å². The fraction of sp³-hybridized carbons (Fsp3) is 0.190. The second-order valence-corrected chi connectivity index (χ2v) is 6.11. The summed E-state index contributed by atoms with van der Waals surface area (Å²) >= 11 is 0. The minimum Gasteiger partial charge on any atom is -0.334 e. The van der Waals surface area contributed by atoms with E-state index in [9.17, 15) is 9.59 Å². The number of hydrogen-bond donors (Lipinski definition) is 0. The van der Waals surface area contributed by atoms with E-state index in [2.05, 4.69) is 17.6 Å². The molecule has 2 heterocycles. The molecule has 132 valence electrons. The summed E-state index contributed by atoms with van der Waals surface area (Å²) in [6.45, 7) is 4.72. The highest BCUT2D eigenvalue weighted by Crippen LogP contribution is 2.21. The van der Waals surface area contributed by atoms with Crippen LogP contribution in [-0.4, -0.2) is 41.8 Å². The molecule has 0 saturated carbocycles. The summed E-state index contributed by atoms with van der Waals surface area (Å²) in [5.74, 6) is -0.207. The molecule has 1 aliphatic rings. The number of nitrogens with zero attached hydrogens (tertiary/aromatic N) is 3. The van der Waals surface area contributed by atoms with Gasteiger partial charge in [0.15, 0.2) is 0 Å². The van der Waals surface area contributed by atoms with Crippen LogP contribution in [0.5, 0.6) is 0 Å². The highest BCUT2D eigenvalue weighted by Gasteiger charge is 2.21. The van der Waals surface area contributed by atoms with Crippen LogP contribution < -0.4 is 4.90 Å². The van der Waals surface area contributed by atoms with Gasteiger partial charge in [-0.25, -0.2) is 0 Å². The molecule has 0 radical (unpaired) electrons. The normalized spacial score (nSPS) is 13.7. The zero-order valence-electron chi connectivity index (χ0n) is 14.8. The summed E-state index contributed by atoms with van der Waals surface area (Å²) in [6.07, 6.45) is 5.98. The van der Waals surface area contributed by atoms with Crippen molar-refractivity contribution in [1.82, 2.24) is 9.88 Å². The molecule has 0 spiro atoms. The molecule has 1 aromatic heterocycles. The van der Waals surface area contributed by atoms with Gasteiger partial charge in [-0.3, -0.25) is 14.6 Å². The van der Waals surface area contributed by atoms with E-state index in [0.717, 1.165) is 23.4 Å². The lowest BCUT2D eigenvalue weighted by atomic mass is 10.0. The van der Waals surface area contributed by atoms with Crippen LogP contribution in [0.4, 0.5) is 5.69 Å². The second-order valence-electron chi connectivity index (χ2n) is 6.11. The van der Waals surface area contributed by atoms with Crippen molar-refractivity contribution in [2.45, 2.75) is 6.42 Å². The van der Waals surface area contributed by atoms with Crippen LogP contribution in [0.2, 0.25) is 0 Å². The first-order valence-electron chi connectivity index (χ1n) is 8.50. The molecular formula is C21H21N3O2. The molecular weight excluding hydrogens is 326 g/mol. The fourth-order valence-electron chi connectivity index (χ4n) is 2.93. The van der Waals surface area contributed by atoms with Gasteiger partial charge in [0.25, 0.3) is 5.91 Å². The summed E-state index contributed by atoms with van der Waals surface area (Å²) in [5, 5.41) is 0. The molecule has 1 aromatic carbocycles. The number of carbonyl (C=O) groups excluding carboxylic acids is 2. The third-order valence-electron chi connectivity index (χ3n) is 4.44. The SMILES string of the molecule is C=CC(=O)N(C)c1ccc(C(=O)N2CCC=C(c3ccccn3)C2)cc1. The van der Waals surface area contributed by atoms with Gasteiger partial charge in [-0.05, 0) is 54.5 Å². The van der Waals surface area contributed by atoms with Crippen LogP contribution in [0.1, 0.15) is 22.5 Å². The highest BCUT2D eigenvalue weighted by molar-refractivity contribution is 6.01. The van der Waals surface area contributed by atoms with Gasteiger partial charge < -0.3 is 9.80 Å². The summed E-state index contributed by atoms with van der Waals surface area (Å²) in [5.41, 5.74) is 3.30. The summed E-state index contributed by atoms with van der Waals surface area (Å²) in [6, 6.07) is 12.8. The van der Waals surface area contributed by atoms with Crippen molar-refractivity contribution >= 4 is 23.1 Å². The van der Waals surface area contributed by atoms with Gasteiger partial charge in [-0.15, -0.1) is 0 Å². The summed E-state index contributed by atoms with van der Waals surface area (Å²) in [7, 11) is 1.68. The Kier molecular flexibility index (Phi) is 5.27. The molecule has 5 nitrogen and oxygen atoms in total. The predicted molar refractivity (Wildman–Crippen MR) is 103 cm³/mol. The van der Waals surface area contributed by atoms with Crippen LogP contribution in [0.25, 0.3) is 5.57 Å². The second kappa shape index (κ2) is 7.78. The number of benzene rings is 1. The van der Waals surface area contributed by atoms with Crippen molar-refractivity contribution in [2.75, 3.05) is 25.0 Å². The number of hydrogen-bond acceptors (Lipinski definition) is 3. The fourth-order valence-corrected chi connectivity index (χ4v) is 2.93. The third-order valence-corrected chi connectivity index (χ3v) is 4.44. The van der Waals surface area contributed by atoms with E-state index < -0.39 is 0 Å². The van der Waals surface area contributed by atoms with Crippen molar-refractivity contribution in [3.05, 3.63) is 78.6 Å². The molecule has 0 unspecified atom stereocenters. The molecule has 0 saturated heterocycles. The molecule has 0 aliphatic carbocycles. The maximum atomic E-state index is 12.8. The summed E-state index contributed by atoms with van der Waals surface area (Å²) < 4.78 is 0. The maximum absolute atomic E-state index is 12.8. The van der Waals surface area contributed by atoms with E-state index in [1.54, 1.807) is 37.5 Å². The lowest BCUT2D eigenvalue weighted by molar-refractivity contribution is -0.113. The molecule has 0 bridgehead atoms. The van der Waals surface area contributed by atoms with Crippen molar-refractivity contribution < 1.29 is 9.59 Å². The smallest absolute Gasteiger partial charge is 0.254 e. The van der Waals surface area contributed by atoms with Crippen molar-refractivity contribution in [2.24, 2.45) is 0 Å². The van der Waals surface area contributed by atoms with Crippen molar-refractivity contribution in [3.8, 4) is 0 Å². The van der Waals surface area contributed by atoms with Crippen LogP contribution in [0.3, 0.4) is 0 Å². The Labute approximate surface area is 153 Å². The number of likely N-dealkylation sites (N-methyl/N-ethyl adjacent to an activating group) is 1. The van der Waals surface area contributed by atoms with E-state index in [1.165, 1.54) is 11.0 Å². The van der Waals surface area contributed by atoms with E-state index in [-0.39, 0.29) is 11.8 Å². The lowest BCUT2D eigenvalue weighted by Crippen LogP contribution is -2.35. The van der Waals surface area contributed by atoms with Crippen LogP contribution >= 0.6 is 0 Å². The van der Waals surface area contributed by atoms with Crippen LogP contribution in [0.15, 0.2) is 67.4 Å². The molecule has 3 rings (SSSR count). The average molecular weight is 347 g/mol.